The van der Waals surface area contributed by atoms with Crippen molar-refractivity contribution in [1.82, 2.24) is 0 Å². The van der Waals surface area contributed by atoms with Crippen LogP contribution in [-0.2, 0) is 6.54 Å². The van der Waals surface area contributed by atoms with E-state index in [1.165, 1.54) is 11.3 Å². The average molecular weight is 376 g/mol. The highest BCUT2D eigenvalue weighted by atomic mass is 79.9. The number of anilines is 1. The van der Waals surface area contributed by atoms with E-state index in [-0.39, 0.29) is 0 Å². The third-order valence-corrected chi connectivity index (χ3v) is 4.87. The predicted octanol–water partition coefficient (Wildman–Crippen LogP) is 2.75. The highest BCUT2D eigenvalue weighted by Crippen LogP contribution is 2.27. The van der Waals surface area contributed by atoms with Gasteiger partial charge in [0.15, 0.2) is 0 Å². The van der Waals surface area contributed by atoms with Gasteiger partial charge >= 0.3 is 0 Å². The standard InChI is InChI=1S/C19H23BrN2O/c1-2-23-19-6-4-3-5-18(19)22-13-11-21(12-14-22)15-16-7-9-17(20)10-8-16/h3-10H,2,11-15H2,1H3/p+1. The molecule has 4 heteroatoms. The Balaban J connectivity index is 1.59. The Morgan fingerprint density at radius 3 is 2.43 bits per heavy atom. The number of ether oxygens (including phenoxy) is 1. The maximum absolute atomic E-state index is 5.77. The van der Waals surface area contributed by atoms with Crippen LogP contribution in [0.25, 0.3) is 0 Å². The van der Waals surface area contributed by atoms with Crippen LogP contribution in [0.5, 0.6) is 5.75 Å². The van der Waals surface area contributed by atoms with Crippen LogP contribution in [0.1, 0.15) is 12.5 Å². The fourth-order valence-electron chi connectivity index (χ4n) is 3.13. The number of para-hydroxylation sites is 2. The van der Waals surface area contributed by atoms with Crippen molar-refractivity contribution in [2.45, 2.75) is 13.5 Å². The van der Waals surface area contributed by atoms with Gasteiger partial charge in [0, 0.05) is 10.0 Å². The third kappa shape index (κ3) is 4.27. The van der Waals surface area contributed by atoms with Crippen molar-refractivity contribution in [3.05, 3.63) is 58.6 Å². The van der Waals surface area contributed by atoms with Gasteiger partial charge in [0.05, 0.1) is 38.5 Å². The SMILES string of the molecule is CCOc1ccccc1N1CC[NH+](Cc2ccc(Br)cc2)CC1. The molecule has 1 saturated heterocycles. The van der Waals surface area contributed by atoms with Gasteiger partial charge in [-0.15, -0.1) is 0 Å². The zero-order valence-corrected chi connectivity index (χ0v) is 15.2. The Bertz CT molecular complexity index is 622. The van der Waals surface area contributed by atoms with Crippen LogP contribution in [0.15, 0.2) is 53.0 Å². The minimum atomic E-state index is 0.714. The van der Waals surface area contributed by atoms with E-state index in [0.29, 0.717) is 6.61 Å². The van der Waals surface area contributed by atoms with Gasteiger partial charge in [0.25, 0.3) is 0 Å². The van der Waals surface area contributed by atoms with Crippen LogP contribution in [0.3, 0.4) is 0 Å². The van der Waals surface area contributed by atoms with Crippen LogP contribution in [0, 0.1) is 0 Å². The van der Waals surface area contributed by atoms with E-state index in [0.717, 1.165) is 42.9 Å². The summed E-state index contributed by atoms with van der Waals surface area (Å²) in [5, 5.41) is 0. The van der Waals surface area contributed by atoms with E-state index < -0.39 is 0 Å². The van der Waals surface area contributed by atoms with Crippen LogP contribution in [-0.4, -0.2) is 32.8 Å². The van der Waals surface area contributed by atoms with Gasteiger partial charge in [-0.3, -0.25) is 0 Å². The first-order valence-corrected chi connectivity index (χ1v) is 9.10. The molecule has 0 amide bonds. The second kappa shape index (κ2) is 7.84. The van der Waals surface area contributed by atoms with Crippen LogP contribution in [0.2, 0.25) is 0 Å². The van der Waals surface area contributed by atoms with Crippen molar-refractivity contribution in [1.29, 1.82) is 0 Å². The number of benzene rings is 2. The summed E-state index contributed by atoms with van der Waals surface area (Å²) >= 11 is 3.50. The van der Waals surface area contributed by atoms with E-state index in [4.69, 9.17) is 4.74 Å². The molecule has 3 rings (SSSR count). The molecule has 0 aromatic heterocycles. The van der Waals surface area contributed by atoms with Crippen molar-refractivity contribution >= 4 is 21.6 Å². The number of hydrogen-bond acceptors (Lipinski definition) is 2. The molecule has 2 aromatic carbocycles. The summed E-state index contributed by atoms with van der Waals surface area (Å²) < 4.78 is 6.92. The summed E-state index contributed by atoms with van der Waals surface area (Å²) in [5.74, 6) is 1.01. The van der Waals surface area contributed by atoms with Gasteiger partial charge in [0.1, 0.15) is 12.3 Å². The van der Waals surface area contributed by atoms with Crippen molar-refractivity contribution < 1.29 is 9.64 Å². The molecular formula is C19H24BrN2O+. The lowest BCUT2D eigenvalue weighted by atomic mass is 10.2. The van der Waals surface area contributed by atoms with Gasteiger partial charge in [-0.25, -0.2) is 0 Å². The Morgan fingerprint density at radius 1 is 1.04 bits per heavy atom. The highest BCUT2D eigenvalue weighted by Gasteiger charge is 2.22. The van der Waals surface area contributed by atoms with Crippen LogP contribution >= 0.6 is 15.9 Å². The predicted molar refractivity (Wildman–Crippen MR) is 98.4 cm³/mol. The minimum Gasteiger partial charge on any atom is -0.492 e. The van der Waals surface area contributed by atoms with E-state index in [2.05, 4.69) is 63.3 Å². The Morgan fingerprint density at radius 2 is 1.74 bits per heavy atom. The van der Waals surface area contributed by atoms with E-state index in [9.17, 15) is 0 Å². The van der Waals surface area contributed by atoms with Gasteiger partial charge in [0.2, 0.25) is 0 Å². The quantitative estimate of drug-likeness (QED) is 0.865. The fourth-order valence-corrected chi connectivity index (χ4v) is 3.39. The maximum atomic E-state index is 5.77. The summed E-state index contributed by atoms with van der Waals surface area (Å²) in [6, 6.07) is 17.1. The molecule has 0 bridgehead atoms. The molecule has 1 N–H and O–H groups in total. The highest BCUT2D eigenvalue weighted by molar-refractivity contribution is 9.10. The number of halogens is 1. The lowest BCUT2D eigenvalue weighted by Gasteiger charge is -2.34. The molecule has 0 atom stereocenters. The molecule has 0 aliphatic carbocycles. The number of rotatable bonds is 5. The van der Waals surface area contributed by atoms with E-state index in [1.807, 2.05) is 13.0 Å². The summed E-state index contributed by atoms with van der Waals surface area (Å²) in [7, 11) is 0. The lowest BCUT2D eigenvalue weighted by molar-refractivity contribution is -0.914. The Labute approximate surface area is 147 Å². The number of nitrogens with zero attached hydrogens (tertiary/aromatic N) is 1. The molecule has 1 aliphatic heterocycles. The first-order valence-electron chi connectivity index (χ1n) is 8.31. The molecule has 23 heavy (non-hydrogen) atoms. The molecule has 3 nitrogen and oxygen atoms in total. The zero-order chi connectivity index (χ0) is 16.1. The molecule has 1 fully saturated rings. The third-order valence-electron chi connectivity index (χ3n) is 4.34. The summed E-state index contributed by atoms with van der Waals surface area (Å²) in [6.07, 6.45) is 0. The van der Waals surface area contributed by atoms with Crippen LogP contribution < -0.4 is 14.5 Å². The molecule has 0 saturated carbocycles. The largest absolute Gasteiger partial charge is 0.492 e. The second-order valence-corrected chi connectivity index (χ2v) is 6.86. The molecule has 0 unspecified atom stereocenters. The number of piperazine rings is 1. The summed E-state index contributed by atoms with van der Waals surface area (Å²) in [6.45, 7) is 8.34. The van der Waals surface area contributed by atoms with Crippen molar-refractivity contribution in [3.63, 3.8) is 0 Å². The normalized spacial score (nSPS) is 15.7. The Kier molecular flexibility index (Phi) is 5.57. The summed E-state index contributed by atoms with van der Waals surface area (Å²) in [5.41, 5.74) is 2.64. The maximum Gasteiger partial charge on any atom is 0.142 e. The average Bonchev–Trinajstić information content (AvgIpc) is 2.59. The lowest BCUT2D eigenvalue weighted by Crippen LogP contribution is -3.13. The first-order chi connectivity index (χ1) is 11.3. The first kappa shape index (κ1) is 16.3. The zero-order valence-electron chi connectivity index (χ0n) is 13.6. The Hall–Kier alpha value is -1.52. The molecule has 2 aromatic rings. The number of hydrogen-bond donors (Lipinski definition) is 1. The fraction of sp³-hybridized carbons (Fsp3) is 0.368. The van der Waals surface area contributed by atoms with Gasteiger partial charge in [-0.1, -0.05) is 40.2 Å². The van der Waals surface area contributed by atoms with E-state index >= 15 is 0 Å². The number of quaternary nitrogens is 1. The molecule has 1 heterocycles. The second-order valence-electron chi connectivity index (χ2n) is 5.94. The van der Waals surface area contributed by atoms with Gasteiger partial charge in [-0.05, 0) is 31.2 Å². The molecule has 0 radical (unpaired) electrons. The topological polar surface area (TPSA) is 16.9 Å². The minimum absolute atomic E-state index is 0.714. The van der Waals surface area contributed by atoms with Crippen LogP contribution in [0.4, 0.5) is 5.69 Å². The van der Waals surface area contributed by atoms with Crippen molar-refractivity contribution in [2.24, 2.45) is 0 Å². The smallest absolute Gasteiger partial charge is 0.142 e. The van der Waals surface area contributed by atoms with Crippen molar-refractivity contribution in [2.75, 3.05) is 37.7 Å². The molecular weight excluding hydrogens is 352 g/mol. The van der Waals surface area contributed by atoms with E-state index in [1.54, 1.807) is 4.90 Å². The molecule has 122 valence electrons. The summed E-state index contributed by atoms with van der Waals surface area (Å²) in [4.78, 5) is 4.10. The molecule has 1 aliphatic rings. The monoisotopic (exact) mass is 375 g/mol. The van der Waals surface area contributed by atoms with Gasteiger partial charge < -0.3 is 14.5 Å². The van der Waals surface area contributed by atoms with Crippen molar-refractivity contribution in [3.8, 4) is 5.75 Å². The number of nitrogens with one attached hydrogen (secondary N) is 1. The van der Waals surface area contributed by atoms with Gasteiger partial charge in [-0.2, -0.15) is 0 Å². The molecule has 0 spiro atoms.